The van der Waals surface area contributed by atoms with Crippen LogP contribution in [-0.4, -0.2) is 10.9 Å². The van der Waals surface area contributed by atoms with Crippen LogP contribution in [0.15, 0.2) is 18.2 Å². The van der Waals surface area contributed by atoms with Gasteiger partial charge in [-0.05, 0) is 37.0 Å². The zero-order valence-corrected chi connectivity index (χ0v) is 16.4. The summed E-state index contributed by atoms with van der Waals surface area (Å²) in [5.74, 6) is -0.691. The number of hydrogen-bond acceptors (Lipinski definition) is 4. The number of pyridine rings is 1. The molecular formula is C18H12Cl2F3N3OS. The monoisotopic (exact) mass is 445 g/mol. The Morgan fingerprint density at radius 3 is 2.54 bits per heavy atom. The maximum Gasteiger partial charge on any atom is 0.417 e. The van der Waals surface area contributed by atoms with Gasteiger partial charge in [0.25, 0.3) is 5.91 Å². The number of rotatable bonds is 2. The third kappa shape index (κ3) is 3.09. The standard InChI is InChI=1S/C18H12Cl2F3N3OS/c19-8-4-2-5-9(20)14(8)26-16(27)15-13(24)11-12(18(21,22)23)7-3-1-6-10(7)25-17(11)28-15/h2,4-5H,1,3,6,24H2,(H,26,27). The summed E-state index contributed by atoms with van der Waals surface area (Å²) in [6.45, 7) is 0. The van der Waals surface area contributed by atoms with Crippen LogP contribution < -0.4 is 11.1 Å². The van der Waals surface area contributed by atoms with Gasteiger partial charge < -0.3 is 11.1 Å². The first-order valence-electron chi connectivity index (χ1n) is 8.24. The Bertz CT molecular complexity index is 1110. The van der Waals surface area contributed by atoms with Crippen molar-refractivity contribution in [1.82, 2.24) is 4.98 Å². The van der Waals surface area contributed by atoms with Gasteiger partial charge in [-0.2, -0.15) is 13.2 Å². The van der Waals surface area contributed by atoms with Crippen molar-refractivity contribution in [3.63, 3.8) is 0 Å². The Balaban J connectivity index is 1.86. The van der Waals surface area contributed by atoms with Crippen LogP contribution in [-0.2, 0) is 19.0 Å². The minimum absolute atomic E-state index is 0.0624. The van der Waals surface area contributed by atoms with Crippen LogP contribution in [0.5, 0.6) is 0 Å². The predicted octanol–water partition coefficient (Wildman–Crippen LogP) is 5.95. The maximum atomic E-state index is 13.8. The van der Waals surface area contributed by atoms with E-state index in [9.17, 15) is 18.0 Å². The summed E-state index contributed by atoms with van der Waals surface area (Å²) in [6, 6.07) is 4.67. The third-order valence-electron chi connectivity index (χ3n) is 4.59. The van der Waals surface area contributed by atoms with Gasteiger partial charge in [0.2, 0.25) is 0 Å². The quantitative estimate of drug-likeness (QED) is 0.512. The lowest BCUT2D eigenvalue weighted by Gasteiger charge is -2.14. The zero-order valence-electron chi connectivity index (χ0n) is 14.1. The molecule has 1 aliphatic carbocycles. The number of fused-ring (bicyclic) bond motifs is 2. The predicted molar refractivity (Wildman–Crippen MR) is 105 cm³/mol. The number of alkyl halides is 3. The Labute approximate surface area is 171 Å². The molecule has 0 unspecified atom stereocenters. The molecule has 3 aromatic rings. The van der Waals surface area contributed by atoms with E-state index in [1.165, 1.54) is 12.1 Å². The summed E-state index contributed by atoms with van der Waals surface area (Å²) >= 11 is 12.9. The van der Waals surface area contributed by atoms with Crippen LogP contribution in [0.3, 0.4) is 0 Å². The number of amides is 1. The zero-order chi connectivity index (χ0) is 20.2. The van der Waals surface area contributed by atoms with Crippen molar-refractivity contribution >= 4 is 62.0 Å². The van der Waals surface area contributed by atoms with Gasteiger partial charge in [0.15, 0.2) is 0 Å². The summed E-state index contributed by atoms with van der Waals surface area (Å²) in [5, 5.41) is 2.72. The van der Waals surface area contributed by atoms with Gasteiger partial charge in [-0.3, -0.25) is 4.79 Å². The Hall–Kier alpha value is -2.03. The Morgan fingerprint density at radius 1 is 1.21 bits per heavy atom. The highest BCUT2D eigenvalue weighted by Crippen LogP contribution is 2.46. The molecule has 4 rings (SSSR count). The van der Waals surface area contributed by atoms with Crippen LogP contribution in [0.2, 0.25) is 10.0 Å². The topological polar surface area (TPSA) is 68.0 Å². The fraction of sp³-hybridized carbons (Fsp3) is 0.222. The lowest BCUT2D eigenvalue weighted by Crippen LogP contribution is -2.14. The number of anilines is 2. The molecule has 0 spiro atoms. The highest BCUT2D eigenvalue weighted by Gasteiger charge is 2.40. The molecule has 0 saturated carbocycles. The van der Waals surface area contributed by atoms with Gasteiger partial charge in [0.05, 0.1) is 27.0 Å². The number of thiophene rings is 1. The maximum absolute atomic E-state index is 13.8. The van der Waals surface area contributed by atoms with E-state index in [1.54, 1.807) is 6.07 Å². The number of carbonyl (C=O) groups excluding carboxylic acids is 1. The van der Waals surface area contributed by atoms with E-state index in [0.717, 1.165) is 11.3 Å². The number of nitrogens with two attached hydrogens (primary N) is 1. The van der Waals surface area contributed by atoms with Gasteiger partial charge in [0.1, 0.15) is 9.71 Å². The molecule has 2 heterocycles. The molecule has 0 atom stereocenters. The van der Waals surface area contributed by atoms with E-state index in [0.29, 0.717) is 25.0 Å². The molecule has 1 aliphatic rings. The molecule has 0 fully saturated rings. The van der Waals surface area contributed by atoms with Crippen molar-refractivity contribution in [3.8, 4) is 0 Å². The van der Waals surface area contributed by atoms with E-state index >= 15 is 0 Å². The van der Waals surface area contributed by atoms with E-state index in [4.69, 9.17) is 28.9 Å². The second-order valence-corrected chi connectivity index (χ2v) is 8.15. The SMILES string of the molecule is Nc1c(C(=O)Nc2c(Cl)cccc2Cl)sc2nc3c(c(C(F)(F)F)c12)CCC3. The highest BCUT2D eigenvalue weighted by atomic mass is 35.5. The molecule has 28 heavy (non-hydrogen) atoms. The minimum atomic E-state index is -4.59. The van der Waals surface area contributed by atoms with Crippen LogP contribution >= 0.6 is 34.5 Å². The lowest BCUT2D eigenvalue weighted by molar-refractivity contribution is -0.136. The van der Waals surface area contributed by atoms with Crippen molar-refractivity contribution in [2.24, 2.45) is 0 Å². The van der Waals surface area contributed by atoms with Gasteiger partial charge in [-0.1, -0.05) is 29.3 Å². The summed E-state index contributed by atoms with van der Waals surface area (Å²) in [7, 11) is 0. The molecule has 0 radical (unpaired) electrons. The number of nitrogens with one attached hydrogen (secondary N) is 1. The minimum Gasteiger partial charge on any atom is -0.397 e. The molecule has 146 valence electrons. The highest BCUT2D eigenvalue weighted by molar-refractivity contribution is 7.21. The number of carbonyl (C=O) groups is 1. The summed E-state index contributed by atoms with van der Waals surface area (Å²) < 4.78 is 41.4. The lowest BCUT2D eigenvalue weighted by atomic mass is 10.0. The van der Waals surface area contributed by atoms with Crippen molar-refractivity contribution in [2.45, 2.75) is 25.4 Å². The van der Waals surface area contributed by atoms with Crippen molar-refractivity contribution < 1.29 is 18.0 Å². The number of aryl methyl sites for hydroxylation is 1. The molecule has 0 saturated heterocycles. The number of halogens is 5. The van der Waals surface area contributed by atoms with Gasteiger partial charge in [-0.15, -0.1) is 11.3 Å². The molecule has 3 N–H and O–H groups in total. The first-order valence-corrected chi connectivity index (χ1v) is 9.82. The van der Waals surface area contributed by atoms with E-state index < -0.39 is 17.6 Å². The van der Waals surface area contributed by atoms with E-state index in [-0.39, 0.29) is 42.1 Å². The number of nitrogen functional groups attached to an aromatic ring is 1. The number of hydrogen-bond donors (Lipinski definition) is 2. The first-order chi connectivity index (χ1) is 13.2. The van der Waals surface area contributed by atoms with E-state index in [2.05, 4.69) is 10.3 Å². The summed E-state index contributed by atoms with van der Waals surface area (Å²) in [5.41, 5.74) is 5.74. The summed E-state index contributed by atoms with van der Waals surface area (Å²) in [6.07, 6.45) is -3.21. The normalized spacial score (nSPS) is 13.8. The van der Waals surface area contributed by atoms with Gasteiger partial charge in [0, 0.05) is 11.1 Å². The first kappa shape index (κ1) is 19.3. The van der Waals surface area contributed by atoms with Crippen LogP contribution in [0, 0.1) is 0 Å². The number of aromatic nitrogens is 1. The molecule has 1 amide bonds. The van der Waals surface area contributed by atoms with Crippen molar-refractivity contribution in [1.29, 1.82) is 0 Å². The Morgan fingerprint density at radius 2 is 1.89 bits per heavy atom. The molecule has 2 aromatic heterocycles. The molecule has 0 bridgehead atoms. The second kappa shape index (κ2) is 6.79. The van der Waals surface area contributed by atoms with Gasteiger partial charge in [-0.25, -0.2) is 4.98 Å². The average molecular weight is 446 g/mol. The summed E-state index contributed by atoms with van der Waals surface area (Å²) in [4.78, 5) is 17.1. The number of nitrogens with zero attached hydrogens (tertiary/aromatic N) is 1. The smallest absolute Gasteiger partial charge is 0.397 e. The second-order valence-electron chi connectivity index (χ2n) is 6.34. The van der Waals surface area contributed by atoms with E-state index in [1.807, 2.05) is 0 Å². The molecule has 4 nitrogen and oxygen atoms in total. The van der Waals surface area contributed by atoms with Crippen LogP contribution in [0.25, 0.3) is 10.2 Å². The molecule has 0 aliphatic heterocycles. The average Bonchev–Trinajstić information content (AvgIpc) is 3.19. The molecule has 1 aromatic carbocycles. The fourth-order valence-electron chi connectivity index (χ4n) is 3.41. The number of benzene rings is 1. The van der Waals surface area contributed by atoms with Crippen molar-refractivity contribution in [2.75, 3.05) is 11.1 Å². The van der Waals surface area contributed by atoms with Crippen LogP contribution in [0.4, 0.5) is 24.5 Å². The number of para-hydroxylation sites is 1. The van der Waals surface area contributed by atoms with Crippen LogP contribution in [0.1, 0.15) is 32.9 Å². The molecule has 10 heteroatoms. The fourth-order valence-corrected chi connectivity index (χ4v) is 4.93. The van der Waals surface area contributed by atoms with Crippen molar-refractivity contribution in [3.05, 3.63) is 49.9 Å². The molecular weight excluding hydrogens is 434 g/mol. The largest absolute Gasteiger partial charge is 0.417 e. The Kier molecular flexibility index (Phi) is 4.68. The van der Waals surface area contributed by atoms with Gasteiger partial charge >= 0.3 is 6.18 Å². The third-order valence-corrected chi connectivity index (χ3v) is 6.32.